The third-order valence-corrected chi connectivity index (χ3v) is 2.59. The molecule has 0 saturated carbocycles. The maximum Gasteiger partial charge on any atom is 0.408 e. The number of carbonyl (C=O) groups excluding carboxylic acids is 2. The van der Waals surface area contributed by atoms with Crippen LogP contribution in [0.1, 0.15) is 31.9 Å². The van der Waals surface area contributed by atoms with Crippen LogP contribution in [0.25, 0.3) is 0 Å². The molecule has 0 radical (unpaired) electrons. The molecule has 1 rings (SSSR count). The Balaban J connectivity index is 2.68. The number of hydrogen-bond acceptors (Lipinski definition) is 3. The second-order valence-electron chi connectivity index (χ2n) is 5.79. The standard InChI is InChI=1S/C15H22N2O3/c1-10-5-7-11(8-6-10)9-12(13(16)18)17-14(19)20-15(2,3)4/h5-8,12H,9H2,1-4H3,(H2,16,18)(H,17,19). The van der Waals surface area contributed by atoms with Gasteiger partial charge in [0, 0.05) is 6.42 Å². The van der Waals surface area contributed by atoms with E-state index in [1.807, 2.05) is 31.2 Å². The summed E-state index contributed by atoms with van der Waals surface area (Å²) < 4.78 is 5.12. The van der Waals surface area contributed by atoms with E-state index in [0.29, 0.717) is 6.42 Å². The summed E-state index contributed by atoms with van der Waals surface area (Å²) in [6.07, 6.45) is -0.303. The molecule has 20 heavy (non-hydrogen) atoms. The van der Waals surface area contributed by atoms with Crippen molar-refractivity contribution in [1.82, 2.24) is 5.32 Å². The van der Waals surface area contributed by atoms with E-state index in [0.717, 1.165) is 11.1 Å². The molecule has 0 fully saturated rings. The Morgan fingerprint density at radius 3 is 2.25 bits per heavy atom. The first-order chi connectivity index (χ1) is 9.17. The van der Waals surface area contributed by atoms with Gasteiger partial charge in [-0.2, -0.15) is 0 Å². The Kier molecular flexibility index (Phi) is 5.13. The second kappa shape index (κ2) is 6.41. The third-order valence-electron chi connectivity index (χ3n) is 2.59. The first kappa shape index (κ1) is 16.0. The average Bonchev–Trinajstić information content (AvgIpc) is 2.28. The first-order valence-electron chi connectivity index (χ1n) is 6.52. The second-order valence-corrected chi connectivity index (χ2v) is 5.79. The van der Waals surface area contributed by atoms with Crippen molar-refractivity contribution in [3.8, 4) is 0 Å². The Morgan fingerprint density at radius 2 is 1.80 bits per heavy atom. The lowest BCUT2D eigenvalue weighted by Gasteiger charge is -2.22. The van der Waals surface area contributed by atoms with E-state index < -0.39 is 23.6 Å². The summed E-state index contributed by atoms with van der Waals surface area (Å²) in [4.78, 5) is 23.1. The van der Waals surface area contributed by atoms with E-state index >= 15 is 0 Å². The van der Waals surface area contributed by atoms with Crippen LogP contribution < -0.4 is 11.1 Å². The van der Waals surface area contributed by atoms with Gasteiger partial charge in [0.05, 0.1) is 0 Å². The van der Waals surface area contributed by atoms with E-state index in [1.54, 1.807) is 20.8 Å². The number of carbonyl (C=O) groups is 2. The number of primary amides is 1. The number of benzene rings is 1. The average molecular weight is 278 g/mol. The molecule has 0 saturated heterocycles. The molecule has 0 spiro atoms. The maximum absolute atomic E-state index is 11.7. The molecule has 1 aromatic carbocycles. The number of aryl methyl sites for hydroxylation is 1. The normalized spacial score (nSPS) is 12.6. The molecular formula is C15H22N2O3. The molecule has 0 aliphatic carbocycles. The minimum absolute atomic E-state index is 0.342. The number of alkyl carbamates (subject to hydrolysis) is 1. The van der Waals surface area contributed by atoms with Gasteiger partial charge in [-0.15, -0.1) is 0 Å². The quantitative estimate of drug-likeness (QED) is 0.882. The van der Waals surface area contributed by atoms with Gasteiger partial charge >= 0.3 is 6.09 Å². The van der Waals surface area contributed by atoms with Crippen molar-refractivity contribution < 1.29 is 14.3 Å². The fraction of sp³-hybridized carbons (Fsp3) is 0.467. The molecule has 3 N–H and O–H groups in total. The third kappa shape index (κ3) is 5.73. The van der Waals surface area contributed by atoms with Gasteiger partial charge in [-0.25, -0.2) is 4.79 Å². The largest absolute Gasteiger partial charge is 0.444 e. The van der Waals surface area contributed by atoms with E-state index in [1.165, 1.54) is 0 Å². The molecular weight excluding hydrogens is 256 g/mol. The lowest BCUT2D eigenvalue weighted by molar-refractivity contribution is -0.120. The molecule has 1 atom stereocenters. The van der Waals surface area contributed by atoms with E-state index in [9.17, 15) is 9.59 Å². The Bertz CT molecular complexity index is 475. The summed E-state index contributed by atoms with van der Waals surface area (Å²) in [5.74, 6) is -0.587. The lowest BCUT2D eigenvalue weighted by atomic mass is 10.0. The number of amides is 2. The van der Waals surface area contributed by atoms with Gasteiger partial charge in [-0.05, 0) is 33.3 Å². The van der Waals surface area contributed by atoms with E-state index in [4.69, 9.17) is 10.5 Å². The minimum Gasteiger partial charge on any atom is -0.444 e. The molecule has 2 amide bonds. The lowest BCUT2D eigenvalue weighted by Crippen LogP contribution is -2.47. The Hall–Kier alpha value is -2.04. The fourth-order valence-corrected chi connectivity index (χ4v) is 1.63. The molecule has 0 heterocycles. The molecule has 1 unspecified atom stereocenters. The van der Waals surface area contributed by atoms with Crippen molar-refractivity contribution in [2.75, 3.05) is 0 Å². The summed E-state index contributed by atoms with van der Waals surface area (Å²) in [5.41, 5.74) is 6.76. The predicted octanol–water partition coefficient (Wildman–Crippen LogP) is 1.92. The highest BCUT2D eigenvalue weighted by molar-refractivity contribution is 5.84. The number of nitrogens with two attached hydrogens (primary N) is 1. The summed E-state index contributed by atoms with van der Waals surface area (Å²) in [5, 5.41) is 2.50. The molecule has 5 heteroatoms. The highest BCUT2D eigenvalue weighted by atomic mass is 16.6. The molecule has 110 valence electrons. The van der Waals surface area contributed by atoms with Crippen molar-refractivity contribution >= 4 is 12.0 Å². The number of nitrogens with one attached hydrogen (secondary N) is 1. The van der Waals surface area contributed by atoms with Gasteiger partial charge in [0.25, 0.3) is 0 Å². The predicted molar refractivity (Wildman–Crippen MR) is 77.2 cm³/mol. The van der Waals surface area contributed by atoms with Crippen LogP contribution in [0.15, 0.2) is 24.3 Å². The van der Waals surface area contributed by atoms with Crippen LogP contribution >= 0.6 is 0 Å². The van der Waals surface area contributed by atoms with Gasteiger partial charge in [0.2, 0.25) is 5.91 Å². The van der Waals surface area contributed by atoms with E-state index in [2.05, 4.69) is 5.32 Å². The van der Waals surface area contributed by atoms with Crippen LogP contribution in [0.5, 0.6) is 0 Å². The zero-order valence-corrected chi connectivity index (χ0v) is 12.4. The number of hydrogen-bond donors (Lipinski definition) is 2. The van der Waals surface area contributed by atoms with Crippen LogP contribution in [-0.4, -0.2) is 23.6 Å². The van der Waals surface area contributed by atoms with Crippen molar-refractivity contribution in [3.05, 3.63) is 35.4 Å². The maximum atomic E-state index is 11.7. The summed E-state index contributed by atoms with van der Waals surface area (Å²) in [6, 6.07) is 6.92. The van der Waals surface area contributed by atoms with Gasteiger partial charge in [0.1, 0.15) is 11.6 Å². The van der Waals surface area contributed by atoms with Crippen LogP contribution in [0, 0.1) is 6.92 Å². The summed E-state index contributed by atoms with van der Waals surface area (Å²) >= 11 is 0. The monoisotopic (exact) mass is 278 g/mol. The van der Waals surface area contributed by atoms with Crippen LogP contribution in [0.2, 0.25) is 0 Å². The van der Waals surface area contributed by atoms with E-state index in [-0.39, 0.29) is 0 Å². The van der Waals surface area contributed by atoms with Gasteiger partial charge in [-0.1, -0.05) is 29.8 Å². The van der Waals surface area contributed by atoms with Crippen LogP contribution in [0.4, 0.5) is 4.79 Å². The SMILES string of the molecule is Cc1ccc(CC(NC(=O)OC(C)(C)C)C(N)=O)cc1. The topological polar surface area (TPSA) is 81.4 Å². The fourth-order valence-electron chi connectivity index (χ4n) is 1.63. The smallest absolute Gasteiger partial charge is 0.408 e. The van der Waals surface area contributed by atoms with Crippen LogP contribution in [0.3, 0.4) is 0 Å². The Morgan fingerprint density at radius 1 is 1.25 bits per heavy atom. The minimum atomic E-state index is -0.785. The number of rotatable bonds is 4. The highest BCUT2D eigenvalue weighted by Gasteiger charge is 2.22. The molecule has 0 aliphatic heterocycles. The highest BCUT2D eigenvalue weighted by Crippen LogP contribution is 2.09. The van der Waals surface area contributed by atoms with Crippen molar-refractivity contribution in [2.45, 2.75) is 45.8 Å². The molecule has 1 aromatic rings. The summed E-state index contributed by atoms with van der Waals surface area (Å²) in [6.45, 7) is 7.25. The zero-order valence-electron chi connectivity index (χ0n) is 12.4. The van der Waals surface area contributed by atoms with Crippen molar-refractivity contribution in [2.24, 2.45) is 5.73 Å². The zero-order chi connectivity index (χ0) is 15.3. The molecule has 0 aliphatic rings. The van der Waals surface area contributed by atoms with Gasteiger partial charge < -0.3 is 15.8 Å². The van der Waals surface area contributed by atoms with Gasteiger partial charge in [0.15, 0.2) is 0 Å². The van der Waals surface area contributed by atoms with Crippen molar-refractivity contribution in [1.29, 1.82) is 0 Å². The first-order valence-corrected chi connectivity index (χ1v) is 6.52. The Labute approximate surface area is 119 Å². The van der Waals surface area contributed by atoms with Crippen LogP contribution in [-0.2, 0) is 16.0 Å². The van der Waals surface area contributed by atoms with Crippen molar-refractivity contribution in [3.63, 3.8) is 0 Å². The summed E-state index contributed by atoms with van der Waals surface area (Å²) in [7, 11) is 0. The molecule has 0 aromatic heterocycles. The molecule has 0 bridgehead atoms. The number of ether oxygens (including phenoxy) is 1. The van der Waals surface area contributed by atoms with Gasteiger partial charge in [-0.3, -0.25) is 4.79 Å². The molecule has 5 nitrogen and oxygen atoms in total.